The summed E-state index contributed by atoms with van der Waals surface area (Å²) in [6.07, 6.45) is 1.32. The average molecular weight is 513 g/mol. The summed E-state index contributed by atoms with van der Waals surface area (Å²) in [5, 5.41) is 14.7. The van der Waals surface area contributed by atoms with Gasteiger partial charge in [-0.05, 0) is 54.7 Å². The Labute approximate surface area is 211 Å². The zero-order valence-corrected chi connectivity index (χ0v) is 20.1. The van der Waals surface area contributed by atoms with Gasteiger partial charge < -0.3 is 15.7 Å². The van der Waals surface area contributed by atoms with Crippen molar-refractivity contribution in [2.45, 2.75) is 32.6 Å². The summed E-state index contributed by atoms with van der Waals surface area (Å²) >= 11 is 6.49. The summed E-state index contributed by atoms with van der Waals surface area (Å²) in [6.45, 7) is 1.84. The molecule has 3 N–H and O–H groups in total. The molecule has 186 valence electrons. The first-order valence-corrected chi connectivity index (χ1v) is 11.7. The third-order valence-corrected chi connectivity index (χ3v) is 6.90. The third-order valence-electron chi connectivity index (χ3n) is 6.59. The number of carbonyl (C=O) groups excluding carboxylic acids is 2. The molecule has 0 fully saturated rings. The average Bonchev–Trinajstić information content (AvgIpc) is 2.83. The number of anilines is 2. The molecular weight excluding hydrogens is 490 g/mol. The molecule has 0 aliphatic heterocycles. The van der Waals surface area contributed by atoms with Crippen LogP contribution in [0.2, 0.25) is 5.02 Å². The highest BCUT2D eigenvalue weighted by Crippen LogP contribution is 2.42. The van der Waals surface area contributed by atoms with E-state index >= 15 is 0 Å². The molecule has 1 aliphatic rings. The van der Waals surface area contributed by atoms with Crippen LogP contribution in [0.15, 0.2) is 54.6 Å². The Kier molecular flexibility index (Phi) is 7.08. The van der Waals surface area contributed by atoms with E-state index in [1.54, 1.807) is 30.3 Å². The van der Waals surface area contributed by atoms with Gasteiger partial charge in [-0.2, -0.15) is 0 Å². The number of carbonyl (C=O) groups is 3. The number of aryl methyl sites for hydroxylation is 1. The van der Waals surface area contributed by atoms with Crippen molar-refractivity contribution >= 4 is 40.8 Å². The number of benzene rings is 3. The smallest absolute Gasteiger partial charge is 0.323 e. The second kappa shape index (κ2) is 10.1. The van der Waals surface area contributed by atoms with E-state index in [-0.39, 0.29) is 17.9 Å². The van der Waals surface area contributed by atoms with Crippen molar-refractivity contribution in [3.8, 4) is 11.1 Å². The van der Waals surface area contributed by atoms with Gasteiger partial charge in [0.2, 0.25) is 0 Å². The van der Waals surface area contributed by atoms with E-state index in [0.717, 1.165) is 23.3 Å². The van der Waals surface area contributed by atoms with Gasteiger partial charge in [-0.25, -0.2) is 13.6 Å². The van der Waals surface area contributed by atoms with Gasteiger partial charge in [0.15, 0.2) is 17.4 Å². The molecule has 0 saturated heterocycles. The lowest BCUT2D eigenvalue weighted by atomic mass is 9.67. The number of rotatable bonds is 6. The Morgan fingerprint density at radius 3 is 2.28 bits per heavy atom. The van der Waals surface area contributed by atoms with Crippen molar-refractivity contribution in [1.82, 2.24) is 0 Å². The summed E-state index contributed by atoms with van der Waals surface area (Å²) in [5.41, 5.74) is 2.45. The van der Waals surface area contributed by atoms with Gasteiger partial charge in [-0.1, -0.05) is 42.8 Å². The zero-order valence-electron chi connectivity index (χ0n) is 19.3. The van der Waals surface area contributed by atoms with Crippen molar-refractivity contribution in [3.05, 3.63) is 82.4 Å². The number of hydrogen-bond donors (Lipinski definition) is 3. The summed E-state index contributed by atoms with van der Waals surface area (Å²) in [7, 11) is 0. The summed E-state index contributed by atoms with van der Waals surface area (Å²) in [5.74, 6) is -3.21. The number of amides is 2. The molecule has 4 rings (SSSR count). The molecule has 0 radical (unpaired) electrons. The topological polar surface area (TPSA) is 95.5 Å². The van der Waals surface area contributed by atoms with Gasteiger partial charge in [-0.15, -0.1) is 0 Å². The first kappa shape index (κ1) is 25.3. The molecule has 0 saturated carbocycles. The number of aliphatic carboxylic acids is 1. The molecule has 1 atom stereocenters. The predicted octanol–water partition coefficient (Wildman–Crippen LogP) is 6.93. The summed E-state index contributed by atoms with van der Waals surface area (Å²) < 4.78 is 26.4. The maximum Gasteiger partial charge on any atom is 0.323 e. The Balaban J connectivity index is 1.51. The van der Waals surface area contributed by atoms with Gasteiger partial charge in [0.25, 0.3) is 0 Å². The van der Waals surface area contributed by atoms with E-state index in [1.165, 1.54) is 6.07 Å². The van der Waals surface area contributed by atoms with Crippen molar-refractivity contribution in [2.24, 2.45) is 5.41 Å². The van der Waals surface area contributed by atoms with E-state index in [4.69, 9.17) is 11.6 Å². The Morgan fingerprint density at radius 2 is 1.64 bits per heavy atom. The lowest BCUT2D eigenvalue weighted by Crippen LogP contribution is -2.37. The highest BCUT2D eigenvalue weighted by molar-refractivity contribution is 6.33. The summed E-state index contributed by atoms with van der Waals surface area (Å²) in [6, 6.07) is 12.7. The van der Waals surface area contributed by atoms with Crippen LogP contribution >= 0.6 is 11.6 Å². The number of halogens is 3. The Bertz CT molecular complexity index is 1380. The van der Waals surface area contributed by atoms with Crippen molar-refractivity contribution < 1.29 is 28.3 Å². The fourth-order valence-corrected chi connectivity index (χ4v) is 4.87. The molecule has 0 heterocycles. The number of hydrogen-bond acceptors (Lipinski definition) is 3. The molecule has 3 aromatic rings. The minimum atomic E-state index is -1.07. The van der Waals surface area contributed by atoms with Crippen molar-refractivity contribution in [1.29, 1.82) is 0 Å². The standard InChI is InChI=1S/C27H23ClF2N2O4/c1-2-27(14-24(33)34)10-9-16-11-15(3-6-20(16)25(27)35)19-7-4-17(12-21(19)28)31-26(36)32-18-5-8-22(29)23(30)13-18/h3-8,11-13H,2,9-10,14H2,1H3,(H,33,34)(H2,31,32,36)/t27-/m0/s1. The van der Waals surface area contributed by atoms with Crippen LogP contribution < -0.4 is 10.6 Å². The van der Waals surface area contributed by atoms with Gasteiger partial charge in [-0.3, -0.25) is 9.59 Å². The van der Waals surface area contributed by atoms with E-state index < -0.39 is 29.0 Å². The molecule has 9 heteroatoms. The number of urea groups is 1. The quantitative estimate of drug-likeness (QED) is 0.333. The van der Waals surface area contributed by atoms with Crippen LogP contribution in [-0.4, -0.2) is 22.9 Å². The molecule has 0 aromatic heterocycles. The number of nitrogens with one attached hydrogen (secondary N) is 2. The van der Waals surface area contributed by atoms with Crippen LogP contribution in [0, 0.1) is 17.0 Å². The molecule has 6 nitrogen and oxygen atoms in total. The van der Waals surface area contributed by atoms with Crippen LogP contribution in [0.5, 0.6) is 0 Å². The molecule has 0 unspecified atom stereocenters. The van der Waals surface area contributed by atoms with E-state index in [2.05, 4.69) is 10.6 Å². The largest absolute Gasteiger partial charge is 0.481 e. The zero-order chi connectivity index (χ0) is 26.0. The normalized spacial score (nSPS) is 16.8. The summed E-state index contributed by atoms with van der Waals surface area (Å²) in [4.78, 5) is 36.7. The van der Waals surface area contributed by atoms with Crippen LogP contribution in [0.1, 0.15) is 42.1 Å². The van der Waals surface area contributed by atoms with E-state index in [0.29, 0.717) is 41.1 Å². The maximum absolute atomic E-state index is 13.3. The number of fused-ring (bicyclic) bond motifs is 1. The van der Waals surface area contributed by atoms with Gasteiger partial charge in [0.05, 0.1) is 11.4 Å². The molecule has 0 spiro atoms. The molecule has 36 heavy (non-hydrogen) atoms. The lowest BCUT2D eigenvalue weighted by Gasteiger charge is -2.35. The minimum absolute atomic E-state index is 0.0909. The molecular formula is C27H23ClF2N2O4. The molecule has 0 bridgehead atoms. The second-order valence-corrected chi connectivity index (χ2v) is 9.22. The number of carboxylic acids is 1. The monoisotopic (exact) mass is 512 g/mol. The van der Waals surface area contributed by atoms with E-state index in [1.807, 2.05) is 13.0 Å². The fourth-order valence-electron chi connectivity index (χ4n) is 4.58. The fraction of sp³-hybridized carbons (Fsp3) is 0.222. The Hall–Kier alpha value is -3.78. The van der Waals surface area contributed by atoms with Crippen molar-refractivity contribution in [2.75, 3.05) is 10.6 Å². The van der Waals surface area contributed by atoms with Crippen LogP contribution in [0.25, 0.3) is 11.1 Å². The molecule has 3 aromatic carbocycles. The minimum Gasteiger partial charge on any atom is -0.481 e. The number of Topliss-reactive ketones (excluding diaryl/α,β-unsaturated/α-hetero) is 1. The lowest BCUT2D eigenvalue weighted by molar-refractivity contribution is -0.139. The highest BCUT2D eigenvalue weighted by atomic mass is 35.5. The number of carboxylic acid groups (broad SMARTS) is 1. The van der Waals surface area contributed by atoms with Gasteiger partial charge >= 0.3 is 12.0 Å². The predicted molar refractivity (Wildman–Crippen MR) is 134 cm³/mol. The molecule has 2 amide bonds. The van der Waals surface area contributed by atoms with Crippen LogP contribution in [0.3, 0.4) is 0 Å². The molecule has 1 aliphatic carbocycles. The van der Waals surface area contributed by atoms with Gasteiger partial charge in [0, 0.05) is 34.0 Å². The second-order valence-electron chi connectivity index (χ2n) is 8.81. The SMILES string of the molecule is CC[C@@]1(CC(=O)O)CCc2cc(-c3ccc(NC(=O)Nc4ccc(F)c(F)c4)cc3Cl)ccc2C1=O. The van der Waals surface area contributed by atoms with Crippen molar-refractivity contribution in [3.63, 3.8) is 0 Å². The highest BCUT2D eigenvalue weighted by Gasteiger charge is 2.42. The van der Waals surface area contributed by atoms with E-state index in [9.17, 15) is 28.3 Å². The first-order chi connectivity index (χ1) is 17.1. The van der Waals surface area contributed by atoms with Gasteiger partial charge in [0.1, 0.15) is 0 Å². The van der Waals surface area contributed by atoms with Crippen LogP contribution in [0.4, 0.5) is 25.0 Å². The first-order valence-electron chi connectivity index (χ1n) is 11.3. The van der Waals surface area contributed by atoms with Crippen LogP contribution in [-0.2, 0) is 11.2 Å². The third kappa shape index (κ3) is 5.09. The Morgan fingerprint density at radius 1 is 0.972 bits per heavy atom. The maximum atomic E-state index is 13.3. The number of ketones is 1.